The molecule has 0 spiro atoms. The summed E-state index contributed by atoms with van der Waals surface area (Å²) in [6.07, 6.45) is 6.06. The van der Waals surface area contributed by atoms with E-state index in [9.17, 15) is 0 Å². The van der Waals surface area contributed by atoms with Crippen molar-refractivity contribution in [1.82, 2.24) is 0 Å². The normalized spacial score (nSPS) is 13.5. The van der Waals surface area contributed by atoms with Crippen LogP contribution in [0.25, 0.3) is 12.2 Å². The third-order valence-electron chi connectivity index (χ3n) is 2.30. The van der Waals surface area contributed by atoms with Gasteiger partial charge in [-0.3, -0.25) is 0 Å². The van der Waals surface area contributed by atoms with Crippen LogP contribution in [-0.2, 0) is 0 Å². The highest BCUT2D eigenvalue weighted by Gasteiger charge is 1.92. The van der Waals surface area contributed by atoms with Crippen molar-refractivity contribution in [2.45, 2.75) is 20.8 Å². The van der Waals surface area contributed by atoms with E-state index in [0.717, 1.165) is 0 Å². The zero-order chi connectivity index (χ0) is 9.84. The molecule has 0 radical (unpaired) electrons. The minimum absolute atomic E-state index is 1.29. The third kappa shape index (κ3) is 1.89. The smallest absolute Gasteiger partial charge is 0.0156 e. The van der Waals surface area contributed by atoms with E-state index in [1.54, 1.807) is 0 Å². The van der Waals surface area contributed by atoms with E-state index in [1.165, 1.54) is 21.6 Å². The number of hydrogen-bond acceptors (Lipinski definition) is 0. The zero-order valence-corrected chi connectivity index (χ0v) is 8.59. The lowest BCUT2D eigenvalue weighted by atomic mass is 10.1. The molecule has 0 saturated heterocycles. The maximum absolute atomic E-state index is 3.73. The molecule has 0 atom stereocenters. The van der Waals surface area contributed by atoms with Gasteiger partial charge in [0, 0.05) is 0 Å². The van der Waals surface area contributed by atoms with E-state index in [2.05, 4.69) is 51.6 Å². The molecule has 0 heteroatoms. The van der Waals surface area contributed by atoms with Gasteiger partial charge in [-0.25, -0.2) is 0 Å². The minimum atomic E-state index is 1.29. The molecule has 68 valence electrons. The molecule has 0 aromatic heterocycles. The monoisotopic (exact) mass is 172 g/mol. The lowest BCUT2D eigenvalue weighted by Crippen LogP contribution is -2.29. The van der Waals surface area contributed by atoms with Crippen LogP contribution < -0.4 is 10.4 Å². The standard InChI is InChI=1S/C13H16/c1-5-7-13-11(4)9-8-10(3)12(13)6-2/h5-9H,1H2,2-4H3/b12-6-,13-7-. The Morgan fingerprint density at radius 2 is 1.62 bits per heavy atom. The van der Waals surface area contributed by atoms with E-state index in [0.29, 0.717) is 0 Å². The van der Waals surface area contributed by atoms with Gasteiger partial charge in [0.25, 0.3) is 0 Å². The van der Waals surface area contributed by atoms with Crippen molar-refractivity contribution >= 4 is 12.2 Å². The highest BCUT2D eigenvalue weighted by Crippen LogP contribution is 1.90. The second kappa shape index (κ2) is 4.08. The Hall–Kier alpha value is -1.30. The van der Waals surface area contributed by atoms with Crippen molar-refractivity contribution in [3.63, 3.8) is 0 Å². The largest absolute Gasteiger partial charge is 0.0990 e. The van der Waals surface area contributed by atoms with Crippen LogP contribution in [-0.4, -0.2) is 0 Å². The van der Waals surface area contributed by atoms with E-state index in [1.807, 2.05) is 6.08 Å². The number of allylic oxidation sites excluding steroid dienone is 1. The lowest BCUT2D eigenvalue weighted by molar-refractivity contribution is 1.30. The average Bonchev–Trinajstić information content (AvgIpc) is 2.12. The number of benzene rings is 1. The minimum Gasteiger partial charge on any atom is -0.0990 e. The summed E-state index contributed by atoms with van der Waals surface area (Å²) in [5.41, 5.74) is 2.62. The number of aryl methyl sites for hydroxylation is 2. The van der Waals surface area contributed by atoms with E-state index >= 15 is 0 Å². The first-order valence-corrected chi connectivity index (χ1v) is 4.56. The molecular weight excluding hydrogens is 156 g/mol. The van der Waals surface area contributed by atoms with Gasteiger partial charge in [-0.05, 0) is 42.3 Å². The van der Waals surface area contributed by atoms with Crippen molar-refractivity contribution in [2.75, 3.05) is 0 Å². The van der Waals surface area contributed by atoms with Crippen LogP contribution >= 0.6 is 0 Å². The van der Waals surface area contributed by atoms with Crippen molar-refractivity contribution in [1.29, 1.82) is 0 Å². The van der Waals surface area contributed by atoms with Gasteiger partial charge in [0.15, 0.2) is 0 Å². The van der Waals surface area contributed by atoms with Gasteiger partial charge in [0.2, 0.25) is 0 Å². The van der Waals surface area contributed by atoms with Crippen LogP contribution in [0.3, 0.4) is 0 Å². The highest BCUT2D eigenvalue weighted by molar-refractivity contribution is 5.43. The summed E-state index contributed by atoms with van der Waals surface area (Å²) in [4.78, 5) is 0. The van der Waals surface area contributed by atoms with Crippen molar-refractivity contribution < 1.29 is 0 Å². The van der Waals surface area contributed by atoms with Gasteiger partial charge < -0.3 is 0 Å². The summed E-state index contributed by atoms with van der Waals surface area (Å²) >= 11 is 0. The molecule has 1 aromatic rings. The molecule has 0 aliphatic heterocycles. The van der Waals surface area contributed by atoms with Gasteiger partial charge in [0.05, 0.1) is 0 Å². The Morgan fingerprint density at radius 1 is 1.08 bits per heavy atom. The SMILES string of the molecule is C=C/C=c1/c(C)ccc(C)/c1=C/C. The lowest BCUT2D eigenvalue weighted by Gasteiger charge is -1.99. The maximum Gasteiger partial charge on any atom is -0.0156 e. The van der Waals surface area contributed by atoms with Crippen LogP contribution in [0.5, 0.6) is 0 Å². The zero-order valence-electron chi connectivity index (χ0n) is 8.59. The molecule has 1 aromatic carbocycles. The van der Waals surface area contributed by atoms with Gasteiger partial charge in [-0.15, -0.1) is 0 Å². The first kappa shape index (κ1) is 9.79. The molecule has 0 N–H and O–H groups in total. The van der Waals surface area contributed by atoms with E-state index < -0.39 is 0 Å². The Bertz CT molecular complexity index is 422. The molecule has 0 fully saturated rings. The second-order valence-corrected chi connectivity index (χ2v) is 3.22. The summed E-state index contributed by atoms with van der Waals surface area (Å²) in [7, 11) is 0. The fourth-order valence-electron chi connectivity index (χ4n) is 1.58. The molecule has 0 amide bonds. The van der Waals surface area contributed by atoms with Crippen LogP contribution in [0.1, 0.15) is 18.1 Å². The molecule has 1 rings (SSSR count). The summed E-state index contributed by atoms with van der Waals surface area (Å²) < 4.78 is 0. The number of hydrogen-bond donors (Lipinski definition) is 0. The van der Waals surface area contributed by atoms with Crippen LogP contribution in [0.4, 0.5) is 0 Å². The molecule has 0 bridgehead atoms. The highest BCUT2D eigenvalue weighted by atomic mass is 14.0. The quantitative estimate of drug-likeness (QED) is 0.608. The van der Waals surface area contributed by atoms with Crippen molar-refractivity contribution in [2.24, 2.45) is 0 Å². The fourth-order valence-corrected chi connectivity index (χ4v) is 1.58. The predicted octanol–water partition coefficient (Wildman–Crippen LogP) is 2.07. The molecule has 0 heterocycles. The van der Waals surface area contributed by atoms with Gasteiger partial charge in [0.1, 0.15) is 0 Å². The molecule has 0 saturated carbocycles. The molecule has 0 aliphatic rings. The Balaban J connectivity index is 3.75. The molecular formula is C13H16. The van der Waals surface area contributed by atoms with E-state index in [4.69, 9.17) is 0 Å². The maximum atomic E-state index is 3.73. The second-order valence-electron chi connectivity index (χ2n) is 3.22. The summed E-state index contributed by atoms with van der Waals surface area (Å²) in [6, 6.07) is 4.31. The number of rotatable bonds is 1. The molecule has 0 nitrogen and oxygen atoms in total. The van der Waals surface area contributed by atoms with E-state index in [-0.39, 0.29) is 0 Å². The average molecular weight is 172 g/mol. The summed E-state index contributed by atoms with van der Waals surface area (Å²) in [5, 5.41) is 2.61. The predicted molar refractivity (Wildman–Crippen MR) is 60.0 cm³/mol. The Labute approximate surface area is 79.9 Å². The molecule has 0 unspecified atom stereocenters. The summed E-state index contributed by atoms with van der Waals surface area (Å²) in [6.45, 7) is 10.1. The first-order chi connectivity index (χ1) is 6.20. The molecule has 13 heavy (non-hydrogen) atoms. The Morgan fingerprint density at radius 3 is 2.08 bits per heavy atom. The van der Waals surface area contributed by atoms with Crippen LogP contribution in [0, 0.1) is 13.8 Å². The van der Waals surface area contributed by atoms with Crippen LogP contribution in [0.2, 0.25) is 0 Å². The summed E-state index contributed by atoms with van der Waals surface area (Å²) in [5.74, 6) is 0. The van der Waals surface area contributed by atoms with Crippen LogP contribution in [0.15, 0.2) is 24.8 Å². The van der Waals surface area contributed by atoms with Gasteiger partial charge >= 0.3 is 0 Å². The first-order valence-electron chi connectivity index (χ1n) is 4.56. The molecule has 0 aliphatic carbocycles. The Kier molecular flexibility index (Phi) is 3.07. The third-order valence-corrected chi connectivity index (χ3v) is 2.30. The van der Waals surface area contributed by atoms with Gasteiger partial charge in [-0.2, -0.15) is 0 Å². The van der Waals surface area contributed by atoms with Crippen molar-refractivity contribution in [3.05, 3.63) is 46.4 Å². The van der Waals surface area contributed by atoms with Gasteiger partial charge in [-0.1, -0.05) is 36.9 Å². The fraction of sp³-hybridized carbons (Fsp3) is 0.231. The topological polar surface area (TPSA) is 0 Å². The van der Waals surface area contributed by atoms with Crippen molar-refractivity contribution in [3.8, 4) is 0 Å².